The molecule has 1 aliphatic rings. The van der Waals surface area contributed by atoms with Gasteiger partial charge in [0.1, 0.15) is 5.69 Å². The fourth-order valence-electron chi connectivity index (χ4n) is 3.52. The highest BCUT2D eigenvalue weighted by atomic mass is 16.2. The minimum Gasteiger partial charge on any atom is -0.333 e. The van der Waals surface area contributed by atoms with E-state index in [0.717, 1.165) is 19.5 Å². The van der Waals surface area contributed by atoms with Crippen molar-refractivity contribution >= 4 is 5.91 Å². The van der Waals surface area contributed by atoms with E-state index in [1.54, 1.807) is 12.3 Å². The van der Waals surface area contributed by atoms with Gasteiger partial charge in [0.15, 0.2) is 0 Å². The van der Waals surface area contributed by atoms with Gasteiger partial charge in [-0.1, -0.05) is 36.4 Å². The number of carbonyl (C=O) groups is 1. The van der Waals surface area contributed by atoms with Gasteiger partial charge in [0, 0.05) is 37.9 Å². The van der Waals surface area contributed by atoms with Crippen LogP contribution in [0.4, 0.5) is 0 Å². The van der Waals surface area contributed by atoms with Crippen LogP contribution in [0.2, 0.25) is 0 Å². The van der Waals surface area contributed by atoms with Gasteiger partial charge in [-0.2, -0.15) is 0 Å². The molecule has 24 heavy (non-hydrogen) atoms. The Hall–Kier alpha value is -2.20. The van der Waals surface area contributed by atoms with Crippen LogP contribution in [0.25, 0.3) is 0 Å². The Balaban J connectivity index is 1.68. The van der Waals surface area contributed by atoms with E-state index >= 15 is 0 Å². The minimum absolute atomic E-state index is 0.0392. The molecule has 4 nitrogen and oxygen atoms in total. The molecule has 4 heteroatoms. The van der Waals surface area contributed by atoms with Crippen molar-refractivity contribution in [1.29, 1.82) is 0 Å². The predicted octanol–water partition coefficient (Wildman–Crippen LogP) is 3.38. The lowest BCUT2D eigenvalue weighted by atomic mass is 10.1. The topological polar surface area (TPSA) is 36.4 Å². The lowest BCUT2D eigenvalue weighted by molar-refractivity contribution is 0.0683. The number of benzene rings is 1. The molecule has 0 unspecified atom stereocenters. The van der Waals surface area contributed by atoms with Crippen molar-refractivity contribution in [3.8, 4) is 0 Å². The van der Waals surface area contributed by atoms with E-state index < -0.39 is 0 Å². The molecule has 0 aliphatic carbocycles. The largest absolute Gasteiger partial charge is 0.333 e. The second-order valence-corrected chi connectivity index (χ2v) is 6.33. The van der Waals surface area contributed by atoms with E-state index in [4.69, 9.17) is 0 Å². The van der Waals surface area contributed by atoms with Crippen molar-refractivity contribution in [2.75, 3.05) is 19.6 Å². The number of likely N-dealkylation sites (N-methyl/N-ethyl adjacent to an activating group) is 1. The second-order valence-electron chi connectivity index (χ2n) is 6.33. The smallest absolute Gasteiger partial charge is 0.272 e. The second kappa shape index (κ2) is 7.58. The molecule has 126 valence electrons. The van der Waals surface area contributed by atoms with Gasteiger partial charge >= 0.3 is 0 Å². The van der Waals surface area contributed by atoms with E-state index in [9.17, 15) is 4.79 Å². The average Bonchev–Trinajstić information content (AvgIpc) is 3.13. The molecule has 0 spiro atoms. The van der Waals surface area contributed by atoms with Crippen molar-refractivity contribution < 1.29 is 4.79 Å². The number of nitrogens with zero attached hydrogens (tertiary/aromatic N) is 3. The zero-order valence-corrected chi connectivity index (χ0v) is 14.4. The molecule has 1 amide bonds. The highest BCUT2D eigenvalue weighted by Crippen LogP contribution is 2.27. The van der Waals surface area contributed by atoms with Crippen molar-refractivity contribution in [2.24, 2.45) is 0 Å². The lowest BCUT2D eigenvalue weighted by Gasteiger charge is -2.29. The van der Waals surface area contributed by atoms with E-state index in [-0.39, 0.29) is 11.9 Å². The summed E-state index contributed by atoms with van der Waals surface area (Å²) in [7, 11) is 0. The van der Waals surface area contributed by atoms with Gasteiger partial charge < -0.3 is 4.90 Å². The van der Waals surface area contributed by atoms with Gasteiger partial charge in [0.05, 0.1) is 0 Å². The van der Waals surface area contributed by atoms with Crippen molar-refractivity contribution in [3.63, 3.8) is 0 Å². The number of aromatic nitrogens is 1. The van der Waals surface area contributed by atoms with Crippen LogP contribution in [-0.2, 0) is 0 Å². The maximum Gasteiger partial charge on any atom is 0.272 e. The SMILES string of the molecule is CCN(C(=O)c1ccccn1)[C@@H]1CCN([C@H](C)c2ccccc2)C1. The van der Waals surface area contributed by atoms with Gasteiger partial charge in [-0.05, 0) is 38.0 Å². The Labute approximate surface area is 144 Å². The Bertz CT molecular complexity index is 659. The first-order chi connectivity index (χ1) is 11.7. The van der Waals surface area contributed by atoms with Crippen LogP contribution in [0, 0.1) is 0 Å². The molecule has 1 fully saturated rings. The lowest BCUT2D eigenvalue weighted by Crippen LogP contribution is -2.42. The maximum absolute atomic E-state index is 12.8. The van der Waals surface area contributed by atoms with Crippen LogP contribution in [-0.4, -0.2) is 46.4 Å². The first kappa shape index (κ1) is 16.7. The van der Waals surface area contributed by atoms with Crippen LogP contribution in [0.15, 0.2) is 54.7 Å². The highest BCUT2D eigenvalue weighted by molar-refractivity contribution is 5.92. The van der Waals surface area contributed by atoms with E-state index in [1.165, 1.54) is 5.56 Å². The monoisotopic (exact) mass is 323 g/mol. The molecule has 0 N–H and O–H groups in total. The molecule has 1 aliphatic heterocycles. The fraction of sp³-hybridized carbons (Fsp3) is 0.400. The molecule has 2 heterocycles. The maximum atomic E-state index is 12.8. The third kappa shape index (κ3) is 3.49. The first-order valence-electron chi connectivity index (χ1n) is 8.71. The zero-order valence-electron chi connectivity index (χ0n) is 14.4. The van der Waals surface area contributed by atoms with Crippen LogP contribution in [0.5, 0.6) is 0 Å². The molecule has 0 bridgehead atoms. The first-order valence-corrected chi connectivity index (χ1v) is 8.71. The summed E-state index contributed by atoms with van der Waals surface area (Å²) in [5, 5.41) is 0. The molecular weight excluding hydrogens is 298 g/mol. The molecule has 2 atom stereocenters. The fourth-order valence-corrected chi connectivity index (χ4v) is 3.52. The van der Waals surface area contributed by atoms with Crippen molar-refractivity contribution in [1.82, 2.24) is 14.8 Å². The van der Waals surface area contributed by atoms with Gasteiger partial charge in [0.2, 0.25) is 0 Å². The third-order valence-electron chi connectivity index (χ3n) is 4.95. The summed E-state index contributed by atoms with van der Waals surface area (Å²) >= 11 is 0. The predicted molar refractivity (Wildman–Crippen MR) is 95.8 cm³/mol. The molecule has 0 radical (unpaired) electrons. The average molecular weight is 323 g/mol. The van der Waals surface area contributed by atoms with Crippen LogP contribution in [0.3, 0.4) is 0 Å². The van der Waals surface area contributed by atoms with Gasteiger partial charge in [-0.3, -0.25) is 14.7 Å². The van der Waals surface area contributed by atoms with Crippen LogP contribution >= 0.6 is 0 Å². The molecule has 3 rings (SSSR count). The number of amides is 1. The summed E-state index contributed by atoms with van der Waals surface area (Å²) in [5.41, 5.74) is 1.87. The van der Waals surface area contributed by atoms with Crippen molar-refractivity contribution in [3.05, 3.63) is 66.0 Å². The number of carbonyl (C=O) groups excluding carboxylic acids is 1. The zero-order chi connectivity index (χ0) is 16.9. The Morgan fingerprint density at radius 3 is 2.67 bits per heavy atom. The highest BCUT2D eigenvalue weighted by Gasteiger charge is 2.32. The quantitative estimate of drug-likeness (QED) is 0.846. The van der Waals surface area contributed by atoms with Gasteiger partial charge in [-0.15, -0.1) is 0 Å². The van der Waals surface area contributed by atoms with Gasteiger partial charge in [-0.25, -0.2) is 0 Å². The standard InChI is InChI=1S/C20H25N3O/c1-3-23(20(24)19-11-7-8-13-21-19)18-12-14-22(15-18)16(2)17-9-5-4-6-10-17/h4-11,13,16,18H,3,12,14-15H2,1-2H3/t16-,18-/m1/s1. The Kier molecular flexibility index (Phi) is 5.26. The van der Waals surface area contributed by atoms with E-state index in [1.807, 2.05) is 30.0 Å². The summed E-state index contributed by atoms with van der Waals surface area (Å²) < 4.78 is 0. The Morgan fingerprint density at radius 1 is 1.25 bits per heavy atom. The minimum atomic E-state index is 0.0392. The van der Waals surface area contributed by atoms with Crippen LogP contribution < -0.4 is 0 Å². The van der Waals surface area contributed by atoms with Gasteiger partial charge in [0.25, 0.3) is 5.91 Å². The number of likely N-dealkylation sites (tertiary alicyclic amines) is 1. The van der Waals surface area contributed by atoms with Crippen LogP contribution in [0.1, 0.15) is 42.4 Å². The summed E-state index contributed by atoms with van der Waals surface area (Å²) in [4.78, 5) is 21.4. The molecular formula is C20H25N3O. The summed E-state index contributed by atoms with van der Waals surface area (Å²) in [6.45, 7) is 6.95. The van der Waals surface area contributed by atoms with E-state index in [0.29, 0.717) is 18.3 Å². The normalized spacial score (nSPS) is 19.2. The number of hydrogen-bond donors (Lipinski definition) is 0. The number of rotatable bonds is 5. The molecule has 0 saturated carbocycles. The number of pyridine rings is 1. The molecule has 1 saturated heterocycles. The summed E-state index contributed by atoms with van der Waals surface area (Å²) in [5.74, 6) is 0.0392. The number of hydrogen-bond acceptors (Lipinski definition) is 3. The Morgan fingerprint density at radius 2 is 2.00 bits per heavy atom. The van der Waals surface area contributed by atoms with Crippen molar-refractivity contribution in [2.45, 2.75) is 32.4 Å². The summed E-state index contributed by atoms with van der Waals surface area (Å²) in [6.07, 6.45) is 2.70. The molecule has 1 aromatic heterocycles. The molecule has 1 aromatic carbocycles. The third-order valence-corrected chi connectivity index (χ3v) is 4.95. The summed E-state index contributed by atoms with van der Waals surface area (Å²) in [6, 6.07) is 16.7. The molecule has 2 aromatic rings. The van der Waals surface area contributed by atoms with E-state index in [2.05, 4.69) is 41.1 Å².